The summed E-state index contributed by atoms with van der Waals surface area (Å²) in [7, 11) is 1.99. The normalized spacial score (nSPS) is 11.1. The number of imidazole rings is 1. The van der Waals surface area contributed by atoms with Crippen LogP contribution in [0, 0.1) is 0 Å². The van der Waals surface area contributed by atoms with Crippen molar-refractivity contribution in [3.05, 3.63) is 54.4 Å². The number of pyridine rings is 1. The number of rotatable bonds is 3. The summed E-state index contributed by atoms with van der Waals surface area (Å²) in [5, 5.41) is 4.33. The van der Waals surface area contributed by atoms with Crippen molar-refractivity contribution in [1.82, 2.24) is 19.2 Å². The highest BCUT2D eigenvalue weighted by Gasteiger charge is 2.04. The van der Waals surface area contributed by atoms with Gasteiger partial charge >= 0.3 is 0 Å². The van der Waals surface area contributed by atoms with E-state index in [4.69, 9.17) is 0 Å². The van der Waals surface area contributed by atoms with Crippen LogP contribution in [0.1, 0.15) is 11.3 Å². The third-order valence-electron chi connectivity index (χ3n) is 2.92. The summed E-state index contributed by atoms with van der Waals surface area (Å²) in [6.45, 7) is 0. The van der Waals surface area contributed by atoms with E-state index in [0.717, 1.165) is 18.5 Å². The SMILES string of the molecule is Cn1cnc(CCc2cnn3ccccc23)c1. The molecule has 0 aliphatic carbocycles. The van der Waals surface area contributed by atoms with Crippen LogP contribution in [0.2, 0.25) is 0 Å². The highest BCUT2D eigenvalue weighted by Crippen LogP contribution is 2.12. The smallest absolute Gasteiger partial charge is 0.0946 e. The minimum Gasteiger partial charge on any atom is -0.340 e. The van der Waals surface area contributed by atoms with Gasteiger partial charge in [0.1, 0.15) is 0 Å². The van der Waals surface area contributed by atoms with Gasteiger partial charge in [0.05, 0.1) is 23.7 Å². The number of fused-ring (bicyclic) bond motifs is 1. The lowest BCUT2D eigenvalue weighted by molar-refractivity contribution is 0.905. The summed E-state index contributed by atoms with van der Waals surface area (Å²) in [6.07, 6.45) is 9.75. The van der Waals surface area contributed by atoms with E-state index in [9.17, 15) is 0 Å². The first-order chi connectivity index (χ1) is 8.33. The molecule has 0 saturated heterocycles. The molecule has 0 amide bonds. The van der Waals surface area contributed by atoms with Gasteiger partial charge in [0.25, 0.3) is 0 Å². The lowest BCUT2D eigenvalue weighted by Crippen LogP contribution is -1.91. The number of aromatic nitrogens is 4. The largest absolute Gasteiger partial charge is 0.340 e. The van der Waals surface area contributed by atoms with Crippen LogP contribution in [0.3, 0.4) is 0 Å². The molecular weight excluding hydrogens is 212 g/mol. The molecule has 0 spiro atoms. The molecule has 0 saturated carbocycles. The van der Waals surface area contributed by atoms with Gasteiger partial charge in [-0.2, -0.15) is 5.10 Å². The molecule has 3 rings (SSSR count). The summed E-state index contributed by atoms with van der Waals surface area (Å²) in [6, 6.07) is 6.13. The van der Waals surface area contributed by atoms with Crippen molar-refractivity contribution in [2.75, 3.05) is 0 Å². The van der Waals surface area contributed by atoms with Gasteiger partial charge in [-0.25, -0.2) is 9.50 Å². The van der Waals surface area contributed by atoms with Crippen molar-refractivity contribution in [3.8, 4) is 0 Å². The predicted molar refractivity (Wildman–Crippen MR) is 65.8 cm³/mol. The van der Waals surface area contributed by atoms with Gasteiger partial charge in [0, 0.05) is 19.4 Å². The molecule has 4 nitrogen and oxygen atoms in total. The van der Waals surface area contributed by atoms with Gasteiger partial charge in [-0.05, 0) is 30.5 Å². The van der Waals surface area contributed by atoms with E-state index in [1.165, 1.54) is 11.1 Å². The van der Waals surface area contributed by atoms with E-state index >= 15 is 0 Å². The molecule has 0 atom stereocenters. The molecule has 0 fully saturated rings. The molecule has 0 aliphatic rings. The van der Waals surface area contributed by atoms with Crippen molar-refractivity contribution in [2.24, 2.45) is 7.05 Å². The third-order valence-corrected chi connectivity index (χ3v) is 2.92. The second kappa shape index (κ2) is 4.05. The van der Waals surface area contributed by atoms with Gasteiger partial charge in [-0.1, -0.05) is 6.07 Å². The topological polar surface area (TPSA) is 35.1 Å². The Bertz CT molecular complexity index is 635. The zero-order valence-electron chi connectivity index (χ0n) is 9.74. The second-order valence-electron chi connectivity index (χ2n) is 4.23. The Morgan fingerprint density at radius 3 is 3.00 bits per heavy atom. The van der Waals surface area contributed by atoms with Gasteiger partial charge in [0.15, 0.2) is 0 Å². The highest BCUT2D eigenvalue weighted by molar-refractivity contribution is 5.53. The first kappa shape index (κ1) is 10.1. The number of hydrogen-bond acceptors (Lipinski definition) is 2. The average molecular weight is 226 g/mol. The van der Waals surface area contributed by atoms with Crippen molar-refractivity contribution in [2.45, 2.75) is 12.8 Å². The summed E-state index contributed by atoms with van der Waals surface area (Å²) in [4.78, 5) is 4.33. The van der Waals surface area contributed by atoms with Crippen molar-refractivity contribution in [3.63, 3.8) is 0 Å². The summed E-state index contributed by atoms with van der Waals surface area (Å²) in [5.74, 6) is 0. The Labute approximate surface area is 99.5 Å². The maximum Gasteiger partial charge on any atom is 0.0946 e. The molecule has 4 heteroatoms. The molecule has 0 bridgehead atoms. The lowest BCUT2D eigenvalue weighted by Gasteiger charge is -1.97. The fraction of sp³-hybridized carbons (Fsp3) is 0.231. The second-order valence-corrected chi connectivity index (χ2v) is 4.23. The minimum atomic E-state index is 0.955. The Kier molecular flexibility index (Phi) is 2.40. The van der Waals surface area contributed by atoms with E-state index in [2.05, 4.69) is 22.3 Å². The van der Waals surface area contributed by atoms with Crippen LogP contribution >= 0.6 is 0 Å². The van der Waals surface area contributed by atoms with Crippen LogP contribution < -0.4 is 0 Å². The lowest BCUT2D eigenvalue weighted by atomic mass is 10.1. The molecule has 3 heterocycles. The molecule has 0 unspecified atom stereocenters. The van der Waals surface area contributed by atoms with E-state index in [-0.39, 0.29) is 0 Å². The van der Waals surface area contributed by atoms with Gasteiger partial charge in [0.2, 0.25) is 0 Å². The Morgan fingerprint density at radius 1 is 1.24 bits per heavy atom. The summed E-state index contributed by atoms with van der Waals surface area (Å²) >= 11 is 0. The molecule has 3 aromatic heterocycles. The van der Waals surface area contributed by atoms with Crippen LogP contribution in [0.4, 0.5) is 0 Å². The van der Waals surface area contributed by atoms with Crippen LogP contribution in [0.5, 0.6) is 0 Å². The molecule has 0 N–H and O–H groups in total. The Balaban J connectivity index is 1.81. The molecule has 17 heavy (non-hydrogen) atoms. The first-order valence-corrected chi connectivity index (χ1v) is 5.71. The van der Waals surface area contributed by atoms with Crippen molar-refractivity contribution >= 4 is 5.52 Å². The third kappa shape index (κ3) is 1.93. The summed E-state index contributed by atoms with van der Waals surface area (Å²) in [5.41, 5.74) is 3.59. The Hall–Kier alpha value is -2.10. The molecular formula is C13H14N4. The molecule has 0 aliphatic heterocycles. The minimum absolute atomic E-state index is 0.955. The van der Waals surface area contributed by atoms with Gasteiger partial charge in [-0.15, -0.1) is 0 Å². The van der Waals surface area contributed by atoms with E-state index < -0.39 is 0 Å². The molecule has 86 valence electrons. The zero-order valence-corrected chi connectivity index (χ0v) is 9.74. The van der Waals surface area contributed by atoms with Crippen LogP contribution in [-0.2, 0) is 19.9 Å². The van der Waals surface area contributed by atoms with Gasteiger partial charge < -0.3 is 4.57 Å². The standard InChI is InChI=1S/C13H14N4/c1-16-9-12(14-10-16)6-5-11-8-15-17-7-3-2-4-13(11)17/h2-4,7-10H,5-6H2,1H3. The van der Waals surface area contributed by atoms with Gasteiger partial charge in [-0.3, -0.25) is 0 Å². The first-order valence-electron chi connectivity index (χ1n) is 5.71. The van der Waals surface area contributed by atoms with Crippen molar-refractivity contribution in [1.29, 1.82) is 0 Å². The quantitative estimate of drug-likeness (QED) is 0.683. The zero-order chi connectivity index (χ0) is 11.7. The van der Waals surface area contributed by atoms with E-state index in [1.54, 1.807) is 0 Å². The van der Waals surface area contributed by atoms with E-state index in [0.29, 0.717) is 0 Å². The van der Waals surface area contributed by atoms with Crippen LogP contribution in [0.25, 0.3) is 5.52 Å². The molecule has 3 aromatic rings. The van der Waals surface area contributed by atoms with E-state index in [1.807, 2.05) is 47.0 Å². The van der Waals surface area contributed by atoms with Crippen molar-refractivity contribution < 1.29 is 0 Å². The fourth-order valence-corrected chi connectivity index (χ4v) is 2.04. The fourth-order valence-electron chi connectivity index (χ4n) is 2.04. The monoisotopic (exact) mass is 226 g/mol. The van der Waals surface area contributed by atoms with Crippen LogP contribution in [-0.4, -0.2) is 19.2 Å². The number of nitrogens with zero attached hydrogens (tertiary/aromatic N) is 4. The maximum atomic E-state index is 4.33. The van der Waals surface area contributed by atoms with Crippen LogP contribution in [0.15, 0.2) is 43.1 Å². The predicted octanol–water partition coefficient (Wildman–Crippen LogP) is 1.85. The average Bonchev–Trinajstić information content (AvgIpc) is 2.93. The maximum absolute atomic E-state index is 4.33. The number of aryl methyl sites for hydroxylation is 3. The number of hydrogen-bond donors (Lipinski definition) is 0. The Morgan fingerprint density at radius 2 is 2.18 bits per heavy atom. The molecule has 0 radical (unpaired) electrons. The highest BCUT2D eigenvalue weighted by atomic mass is 15.2. The molecule has 0 aromatic carbocycles. The summed E-state index contributed by atoms with van der Waals surface area (Å²) < 4.78 is 3.89.